The first-order valence-electron chi connectivity index (χ1n) is 10.4. The van der Waals surface area contributed by atoms with Gasteiger partial charge in [-0.05, 0) is 56.3 Å². The highest BCUT2D eigenvalue weighted by atomic mass is 32.2. The van der Waals surface area contributed by atoms with Gasteiger partial charge in [-0.1, -0.05) is 11.8 Å². The standard InChI is InChI=1S/C23H21FN4O3S2/c1-3-28-21(14(2)31-18-7-5-16(24)6-8-18)26-27-23(28)33-12-17-11-32-22(25-17)15-4-9-19-20(10-15)30-13-29-19/h4-11,14H,3,12-13H2,1-2H3. The molecule has 1 unspecified atom stereocenters. The Morgan fingerprint density at radius 3 is 2.79 bits per heavy atom. The topological polar surface area (TPSA) is 71.3 Å². The molecule has 0 fully saturated rings. The molecule has 0 spiro atoms. The summed E-state index contributed by atoms with van der Waals surface area (Å²) in [6.07, 6.45) is -0.325. The lowest BCUT2D eigenvalue weighted by atomic mass is 10.2. The van der Waals surface area contributed by atoms with Gasteiger partial charge in [0.2, 0.25) is 6.79 Å². The second kappa shape index (κ2) is 9.40. The lowest BCUT2D eigenvalue weighted by molar-refractivity contribution is 0.174. The molecule has 1 aliphatic heterocycles. The van der Waals surface area contributed by atoms with Crippen molar-refractivity contribution in [1.82, 2.24) is 19.7 Å². The van der Waals surface area contributed by atoms with Crippen LogP contribution in [0.3, 0.4) is 0 Å². The smallest absolute Gasteiger partial charge is 0.231 e. The van der Waals surface area contributed by atoms with E-state index in [1.807, 2.05) is 36.6 Å². The molecular weight excluding hydrogens is 463 g/mol. The average molecular weight is 485 g/mol. The van der Waals surface area contributed by atoms with Crippen molar-refractivity contribution < 1.29 is 18.6 Å². The van der Waals surface area contributed by atoms with Crippen LogP contribution in [0.2, 0.25) is 0 Å². The molecule has 5 rings (SSSR count). The van der Waals surface area contributed by atoms with Crippen molar-refractivity contribution in [3.8, 4) is 27.8 Å². The molecule has 2 aromatic carbocycles. The van der Waals surface area contributed by atoms with Gasteiger partial charge in [0, 0.05) is 23.2 Å². The van der Waals surface area contributed by atoms with Crippen LogP contribution >= 0.6 is 23.1 Å². The van der Waals surface area contributed by atoms with Crippen LogP contribution in [-0.2, 0) is 12.3 Å². The lowest BCUT2D eigenvalue weighted by Gasteiger charge is -2.15. The fourth-order valence-electron chi connectivity index (χ4n) is 3.45. The number of thiazole rings is 1. The van der Waals surface area contributed by atoms with E-state index in [4.69, 9.17) is 19.2 Å². The molecule has 0 N–H and O–H groups in total. The van der Waals surface area contributed by atoms with Gasteiger partial charge < -0.3 is 18.8 Å². The van der Waals surface area contributed by atoms with Crippen molar-refractivity contribution in [2.45, 2.75) is 37.4 Å². The van der Waals surface area contributed by atoms with Gasteiger partial charge in [0.1, 0.15) is 16.6 Å². The number of thioether (sulfide) groups is 1. The molecule has 0 radical (unpaired) electrons. The summed E-state index contributed by atoms with van der Waals surface area (Å²) in [5.74, 6) is 3.20. The predicted octanol–water partition coefficient (Wildman–Crippen LogP) is 5.72. The van der Waals surface area contributed by atoms with Gasteiger partial charge in [-0.25, -0.2) is 9.37 Å². The number of benzene rings is 2. The number of aromatic nitrogens is 4. The molecule has 7 nitrogen and oxygen atoms in total. The maximum absolute atomic E-state index is 13.1. The van der Waals surface area contributed by atoms with E-state index >= 15 is 0 Å². The molecule has 3 heterocycles. The number of hydrogen-bond acceptors (Lipinski definition) is 8. The zero-order valence-corrected chi connectivity index (χ0v) is 19.7. The predicted molar refractivity (Wildman–Crippen MR) is 124 cm³/mol. The number of hydrogen-bond donors (Lipinski definition) is 0. The summed E-state index contributed by atoms with van der Waals surface area (Å²) in [5, 5.41) is 12.5. The highest BCUT2D eigenvalue weighted by Gasteiger charge is 2.20. The van der Waals surface area contributed by atoms with Crippen molar-refractivity contribution in [1.29, 1.82) is 0 Å². The molecule has 0 aliphatic carbocycles. The fraction of sp³-hybridized carbons (Fsp3) is 0.261. The molecule has 0 saturated heterocycles. The minimum absolute atomic E-state index is 0.256. The normalized spacial score (nSPS) is 13.3. The van der Waals surface area contributed by atoms with Gasteiger partial charge in [0.25, 0.3) is 0 Å². The second-order valence-electron chi connectivity index (χ2n) is 7.30. The summed E-state index contributed by atoms with van der Waals surface area (Å²) in [5.41, 5.74) is 1.98. The Hall–Kier alpha value is -3.11. The molecule has 10 heteroatoms. The van der Waals surface area contributed by atoms with Crippen molar-refractivity contribution in [2.75, 3.05) is 6.79 Å². The van der Waals surface area contributed by atoms with Crippen LogP contribution in [0.15, 0.2) is 53.0 Å². The number of halogens is 1. The van der Waals surface area contributed by atoms with Crippen molar-refractivity contribution in [2.24, 2.45) is 0 Å². The molecule has 0 bridgehead atoms. The van der Waals surface area contributed by atoms with E-state index < -0.39 is 0 Å². The van der Waals surface area contributed by atoms with E-state index in [0.717, 1.165) is 38.7 Å². The first kappa shape index (κ1) is 21.7. The Balaban J connectivity index is 1.26. The fourth-order valence-corrected chi connectivity index (χ4v) is 5.27. The van der Waals surface area contributed by atoms with Crippen LogP contribution in [0.25, 0.3) is 10.6 Å². The molecule has 33 heavy (non-hydrogen) atoms. The average Bonchev–Trinajstić information content (AvgIpc) is 3.57. The third kappa shape index (κ3) is 4.67. The summed E-state index contributed by atoms with van der Waals surface area (Å²) >= 11 is 3.18. The summed E-state index contributed by atoms with van der Waals surface area (Å²) in [6.45, 7) is 4.92. The quantitative estimate of drug-likeness (QED) is 0.296. The van der Waals surface area contributed by atoms with E-state index in [1.54, 1.807) is 35.2 Å². The van der Waals surface area contributed by atoms with Crippen LogP contribution in [0, 0.1) is 5.82 Å². The number of rotatable bonds is 8. The summed E-state index contributed by atoms with van der Waals surface area (Å²) in [4.78, 5) is 4.77. The number of ether oxygens (including phenoxy) is 3. The Kier molecular flexibility index (Phi) is 6.19. The molecule has 1 aliphatic rings. The molecular formula is C23H21FN4O3S2. The Labute approximate surface area is 198 Å². The van der Waals surface area contributed by atoms with Crippen LogP contribution < -0.4 is 14.2 Å². The van der Waals surface area contributed by atoms with Crippen molar-refractivity contribution in [3.63, 3.8) is 0 Å². The van der Waals surface area contributed by atoms with Gasteiger partial charge in [0.05, 0.1) is 5.69 Å². The third-order valence-corrected chi connectivity index (χ3v) is 7.01. The summed E-state index contributed by atoms with van der Waals surface area (Å²) in [6, 6.07) is 11.8. The van der Waals surface area contributed by atoms with Crippen LogP contribution in [0.4, 0.5) is 4.39 Å². The number of fused-ring (bicyclic) bond motifs is 1. The maximum Gasteiger partial charge on any atom is 0.231 e. The Morgan fingerprint density at radius 2 is 1.97 bits per heavy atom. The van der Waals surface area contributed by atoms with Gasteiger partial charge in [-0.2, -0.15) is 0 Å². The first-order chi connectivity index (χ1) is 16.1. The first-order valence-corrected chi connectivity index (χ1v) is 12.3. The van der Waals surface area contributed by atoms with Gasteiger partial charge in [0.15, 0.2) is 28.6 Å². The minimum atomic E-state index is -0.325. The maximum atomic E-state index is 13.1. The van der Waals surface area contributed by atoms with E-state index in [1.165, 1.54) is 12.1 Å². The molecule has 1 atom stereocenters. The summed E-state index contributed by atoms with van der Waals surface area (Å²) < 4.78 is 32.0. The SMILES string of the molecule is CCn1c(SCc2csc(-c3ccc4c(c3)OCO4)n2)nnc1C(C)Oc1ccc(F)cc1. The monoisotopic (exact) mass is 484 g/mol. The zero-order valence-electron chi connectivity index (χ0n) is 18.0. The number of nitrogens with zero attached hydrogens (tertiary/aromatic N) is 4. The van der Waals surface area contributed by atoms with E-state index in [0.29, 0.717) is 18.0 Å². The highest BCUT2D eigenvalue weighted by Crippen LogP contribution is 2.37. The van der Waals surface area contributed by atoms with E-state index in [9.17, 15) is 4.39 Å². The molecule has 170 valence electrons. The molecule has 0 saturated carbocycles. The largest absolute Gasteiger partial charge is 0.483 e. The van der Waals surface area contributed by atoms with E-state index in [-0.39, 0.29) is 18.7 Å². The lowest BCUT2D eigenvalue weighted by Crippen LogP contribution is -2.12. The minimum Gasteiger partial charge on any atom is -0.483 e. The Morgan fingerprint density at radius 1 is 1.15 bits per heavy atom. The van der Waals surface area contributed by atoms with Crippen LogP contribution in [0.1, 0.15) is 31.5 Å². The third-order valence-electron chi connectivity index (χ3n) is 5.07. The van der Waals surface area contributed by atoms with Crippen LogP contribution in [-0.4, -0.2) is 26.5 Å². The zero-order chi connectivity index (χ0) is 22.8. The van der Waals surface area contributed by atoms with Crippen LogP contribution in [0.5, 0.6) is 17.2 Å². The Bertz CT molecular complexity index is 1260. The van der Waals surface area contributed by atoms with E-state index in [2.05, 4.69) is 15.6 Å². The highest BCUT2D eigenvalue weighted by molar-refractivity contribution is 7.98. The molecule has 2 aromatic heterocycles. The van der Waals surface area contributed by atoms with Crippen molar-refractivity contribution in [3.05, 3.63) is 65.2 Å². The van der Waals surface area contributed by atoms with Crippen molar-refractivity contribution >= 4 is 23.1 Å². The summed E-state index contributed by atoms with van der Waals surface area (Å²) in [7, 11) is 0. The van der Waals surface area contributed by atoms with Gasteiger partial charge in [-0.3, -0.25) is 0 Å². The molecule has 4 aromatic rings. The van der Waals surface area contributed by atoms with Gasteiger partial charge >= 0.3 is 0 Å². The van der Waals surface area contributed by atoms with Gasteiger partial charge in [-0.15, -0.1) is 21.5 Å². The second-order valence-corrected chi connectivity index (χ2v) is 9.10. The molecule has 0 amide bonds.